The summed E-state index contributed by atoms with van der Waals surface area (Å²) < 4.78 is 6.82. The third-order valence-corrected chi connectivity index (χ3v) is 12.9. The van der Waals surface area contributed by atoms with Gasteiger partial charge in [0.2, 0.25) is 0 Å². The Morgan fingerprint density at radius 2 is 1.60 bits per heavy atom. The van der Waals surface area contributed by atoms with Crippen molar-refractivity contribution in [1.29, 1.82) is 0 Å². The summed E-state index contributed by atoms with van der Waals surface area (Å²) >= 11 is 0. The van der Waals surface area contributed by atoms with Gasteiger partial charge in [-0.1, -0.05) is 86.8 Å². The van der Waals surface area contributed by atoms with E-state index in [1.807, 2.05) is 0 Å². The first-order valence-corrected chi connectivity index (χ1v) is 18.6. The summed E-state index contributed by atoms with van der Waals surface area (Å²) in [5.41, 5.74) is 4.80. The molecule has 1 nitrogen and oxygen atoms in total. The van der Waals surface area contributed by atoms with Crippen molar-refractivity contribution >= 4 is 8.32 Å². The Hall–Kier alpha value is -0.343. The zero-order valence-corrected chi connectivity index (χ0v) is 26.3. The Balaban J connectivity index is 1.61. The molecule has 0 aliphatic heterocycles. The molecule has 0 heterocycles. The van der Waals surface area contributed by atoms with E-state index in [-0.39, 0.29) is 5.41 Å². The van der Waals surface area contributed by atoms with Crippen LogP contribution in [-0.4, -0.2) is 14.4 Å². The van der Waals surface area contributed by atoms with Gasteiger partial charge in [0, 0.05) is 0 Å². The van der Waals surface area contributed by atoms with Crippen LogP contribution in [0.1, 0.15) is 113 Å². The molecule has 0 N–H and O–H groups in total. The van der Waals surface area contributed by atoms with Gasteiger partial charge in [-0.2, -0.15) is 0 Å². The molecule has 2 saturated carbocycles. The second-order valence-corrected chi connectivity index (χ2v) is 20.4. The zero-order valence-electron chi connectivity index (χ0n) is 25.3. The molecule has 35 heavy (non-hydrogen) atoms. The maximum absolute atomic E-state index is 6.82. The largest absolute Gasteiger partial charge is 0.414 e. The zero-order chi connectivity index (χ0) is 26.0. The maximum Gasteiger partial charge on any atom is 0.184 e. The Morgan fingerprint density at radius 1 is 0.914 bits per heavy atom. The lowest BCUT2D eigenvalue weighted by atomic mass is 9.44. The molecule has 4 aliphatic carbocycles. The van der Waals surface area contributed by atoms with Gasteiger partial charge < -0.3 is 4.43 Å². The Kier molecular flexibility index (Phi) is 7.23. The van der Waals surface area contributed by atoms with E-state index in [4.69, 9.17) is 4.43 Å². The van der Waals surface area contributed by atoms with Crippen molar-refractivity contribution in [3.05, 3.63) is 23.3 Å². The van der Waals surface area contributed by atoms with Gasteiger partial charge in [-0.25, -0.2) is 0 Å². The third-order valence-electron chi connectivity index (χ3n) is 11.9. The van der Waals surface area contributed by atoms with E-state index in [1.54, 1.807) is 11.1 Å². The highest BCUT2D eigenvalue weighted by Crippen LogP contribution is 2.72. The lowest BCUT2D eigenvalue weighted by molar-refractivity contribution is -0.0764. The second-order valence-electron chi connectivity index (χ2n) is 15.9. The normalized spacial score (nSPS) is 41.5. The van der Waals surface area contributed by atoms with Gasteiger partial charge in [-0.15, -0.1) is 0 Å². The quantitative estimate of drug-likeness (QED) is 0.317. The summed E-state index contributed by atoms with van der Waals surface area (Å²) in [4.78, 5) is 0. The fourth-order valence-electron chi connectivity index (χ4n) is 9.62. The molecular weight excluding hydrogens is 440 g/mol. The van der Waals surface area contributed by atoms with Crippen LogP contribution < -0.4 is 0 Å². The Bertz CT molecular complexity index is 859. The number of hydrogen-bond donors (Lipinski definition) is 0. The number of rotatable bonds is 7. The van der Waals surface area contributed by atoms with Crippen LogP contribution in [0, 0.1) is 45.3 Å². The molecule has 0 radical (unpaired) electrons. The fourth-order valence-corrected chi connectivity index (χ4v) is 10.9. The lowest BCUT2D eigenvalue weighted by Gasteiger charge is -2.62. The molecule has 2 heteroatoms. The van der Waals surface area contributed by atoms with Crippen molar-refractivity contribution in [1.82, 2.24) is 0 Å². The van der Waals surface area contributed by atoms with E-state index in [9.17, 15) is 0 Å². The van der Waals surface area contributed by atoms with Gasteiger partial charge in [0.1, 0.15) is 0 Å². The Labute approximate surface area is 220 Å². The summed E-state index contributed by atoms with van der Waals surface area (Å²) in [6.07, 6.45) is 18.0. The van der Waals surface area contributed by atoms with E-state index in [0.717, 1.165) is 17.8 Å². The molecule has 0 aromatic carbocycles. The van der Waals surface area contributed by atoms with Crippen molar-refractivity contribution < 1.29 is 4.43 Å². The molecular formula is C33H58OSi. The third kappa shape index (κ3) is 4.49. The first-order valence-electron chi connectivity index (χ1n) is 15.2. The van der Waals surface area contributed by atoms with E-state index >= 15 is 0 Å². The Morgan fingerprint density at radius 3 is 2.23 bits per heavy atom. The average molecular weight is 499 g/mol. The summed E-state index contributed by atoms with van der Waals surface area (Å²) in [6, 6.07) is 0. The summed E-state index contributed by atoms with van der Waals surface area (Å²) in [5.74, 6) is 3.22. The molecule has 0 saturated heterocycles. The van der Waals surface area contributed by atoms with Crippen LogP contribution >= 0.6 is 0 Å². The smallest absolute Gasteiger partial charge is 0.184 e. The van der Waals surface area contributed by atoms with Gasteiger partial charge in [-0.05, 0) is 115 Å². The van der Waals surface area contributed by atoms with Gasteiger partial charge >= 0.3 is 0 Å². The topological polar surface area (TPSA) is 9.23 Å². The first kappa shape index (κ1) is 27.7. The van der Waals surface area contributed by atoms with Crippen LogP contribution in [0.2, 0.25) is 19.6 Å². The predicted octanol–water partition coefficient (Wildman–Crippen LogP) is 10.2. The molecule has 0 aromatic heterocycles. The predicted molar refractivity (Wildman–Crippen MR) is 155 cm³/mol. The van der Waals surface area contributed by atoms with E-state index < -0.39 is 8.32 Å². The molecule has 1 unspecified atom stereocenters. The van der Waals surface area contributed by atoms with Crippen LogP contribution in [0.15, 0.2) is 23.3 Å². The fraction of sp³-hybridized carbons (Fsp3) is 0.879. The molecule has 2 fully saturated rings. The maximum atomic E-state index is 6.82. The van der Waals surface area contributed by atoms with E-state index in [0.29, 0.717) is 28.3 Å². The van der Waals surface area contributed by atoms with Crippen LogP contribution in [0.4, 0.5) is 0 Å². The molecule has 4 aliphatic rings. The first-order chi connectivity index (χ1) is 16.1. The molecule has 0 bridgehead atoms. The highest BCUT2D eigenvalue weighted by atomic mass is 28.4. The molecule has 0 spiro atoms. The van der Waals surface area contributed by atoms with E-state index in [1.165, 1.54) is 57.8 Å². The number of hydrogen-bond acceptors (Lipinski definition) is 1. The van der Waals surface area contributed by atoms with Crippen molar-refractivity contribution in [3.8, 4) is 0 Å². The standard InChI is InChI=1S/C33H58OSi/c1-23(2)13-12-14-24(3)25-17-21-33(8)27-15-16-28-30(4,5)29(34-35(9,10)11)19-20-31(28,6)26(27)18-22-32(25,33)7/h15,18,23-25,28-29H,12-14,16-17,19-22H2,1-11H3/t24-,25-,28+,29?,31-,32-,33+/m1/s1. The molecule has 4 rings (SSSR count). The minimum Gasteiger partial charge on any atom is -0.414 e. The van der Waals surface area contributed by atoms with Crippen molar-refractivity contribution in [2.24, 2.45) is 45.3 Å². The number of allylic oxidation sites excluding steroid dienone is 4. The molecule has 0 aromatic rings. The minimum absolute atomic E-state index is 0.223. The van der Waals surface area contributed by atoms with Gasteiger partial charge in [0.15, 0.2) is 8.32 Å². The average Bonchev–Trinajstić information content (AvgIpc) is 3.01. The monoisotopic (exact) mass is 498 g/mol. The molecule has 0 amide bonds. The highest BCUT2D eigenvalue weighted by Gasteiger charge is 2.63. The van der Waals surface area contributed by atoms with Gasteiger partial charge in [0.25, 0.3) is 0 Å². The lowest BCUT2D eigenvalue weighted by Crippen LogP contribution is -2.56. The summed E-state index contributed by atoms with van der Waals surface area (Å²) in [5, 5.41) is 0. The van der Waals surface area contributed by atoms with Gasteiger partial charge in [0.05, 0.1) is 6.10 Å². The van der Waals surface area contributed by atoms with Crippen LogP contribution in [0.5, 0.6) is 0 Å². The van der Waals surface area contributed by atoms with E-state index in [2.05, 4.69) is 87.2 Å². The minimum atomic E-state index is -1.55. The highest BCUT2D eigenvalue weighted by molar-refractivity contribution is 6.69. The SMILES string of the molecule is CC(C)CCC[C@@H](C)[C@H]1CC[C@@]2(C)C3=CC[C@H]4C(C)(C)C(O[Si](C)(C)C)CC[C@]4(C)C3=CC[C@]12C. The van der Waals surface area contributed by atoms with Crippen LogP contribution in [0.3, 0.4) is 0 Å². The number of fused-ring (bicyclic) bond motifs is 5. The van der Waals surface area contributed by atoms with Crippen molar-refractivity contribution in [2.45, 2.75) is 139 Å². The second kappa shape index (κ2) is 9.14. The molecule has 7 atom stereocenters. The van der Waals surface area contributed by atoms with Crippen molar-refractivity contribution in [2.75, 3.05) is 0 Å². The summed E-state index contributed by atoms with van der Waals surface area (Å²) in [7, 11) is -1.55. The molecule has 200 valence electrons. The van der Waals surface area contributed by atoms with Crippen molar-refractivity contribution in [3.63, 3.8) is 0 Å². The summed E-state index contributed by atoms with van der Waals surface area (Å²) in [6.45, 7) is 27.5. The van der Waals surface area contributed by atoms with Crippen LogP contribution in [0.25, 0.3) is 0 Å². The van der Waals surface area contributed by atoms with Gasteiger partial charge in [-0.3, -0.25) is 0 Å². The van der Waals surface area contributed by atoms with Crippen LogP contribution in [-0.2, 0) is 4.43 Å².